The summed E-state index contributed by atoms with van der Waals surface area (Å²) >= 11 is 0. The van der Waals surface area contributed by atoms with Crippen LogP contribution in [-0.4, -0.2) is 84.8 Å². The van der Waals surface area contributed by atoms with Crippen molar-refractivity contribution in [1.82, 2.24) is 19.6 Å². The molecule has 6 unspecified atom stereocenters. The third-order valence-electron chi connectivity index (χ3n) is 6.45. The van der Waals surface area contributed by atoms with Gasteiger partial charge >= 0.3 is 0 Å². The van der Waals surface area contributed by atoms with E-state index >= 15 is 0 Å². The highest BCUT2D eigenvalue weighted by molar-refractivity contribution is 5.91. The van der Waals surface area contributed by atoms with E-state index in [0.29, 0.717) is 0 Å². The van der Waals surface area contributed by atoms with Crippen molar-refractivity contribution in [2.45, 2.75) is 37.3 Å². The molecule has 6 heteroatoms. The predicted molar refractivity (Wildman–Crippen MR) is 102 cm³/mol. The molecule has 0 bridgehead atoms. The second-order valence-corrected chi connectivity index (χ2v) is 8.05. The molecule has 0 aliphatic carbocycles. The van der Waals surface area contributed by atoms with E-state index in [0.717, 1.165) is 11.1 Å². The maximum Gasteiger partial charge on any atom is 0.166 e. The SMILES string of the molecule is CC(=O)C1(N(C)C)C(c2ccc(C3N(C)C3(C(C)=O)N(C)C)cc2)N1C. The van der Waals surface area contributed by atoms with Crippen molar-refractivity contribution in [3.05, 3.63) is 35.4 Å². The third-order valence-corrected chi connectivity index (χ3v) is 6.45. The number of rotatable bonds is 6. The minimum atomic E-state index is -0.551. The van der Waals surface area contributed by atoms with Gasteiger partial charge in [-0.3, -0.25) is 29.2 Å². The summed E-state index contributed by atoms with van der Waals surface area (Å²) in [6.45, 7) is 3.31. The highest BCUT2D eigenvalue weighted by Gasteiger charge is 2.67. The molecule has 2 aliphatic rings. The Morgan fingerprint density at radius 2 is 1.04 bits per heavy atom. The molecule has 2 saturated heterocycles. The summed E-state index contributed by atoms with van der Waals surface area (Å²) in [4.78, 5) is 32.8. The molecule has 0 N–H and O–H groups in total. The molecule has 26 heavy (non-hydrogen) atoms. The summed E-state index contributed by atoms with van der Waals surface area (Å²) in [5.74, 6) is 0.313. The van der Waals surface area contributed by atoms with Crippen molar-refractivity contribution >= 4 is 11.6 Å². The predicted octanol–water partition coefficient (Wildman–Crippen LogP) is 1.35. The quantitative estimate of drug-likeness (QED) is 0.716. The summed E-state index contributed by atoms with van der Waals surface area (Å²) in [6.07, 6.45) is 0. The van der Waals surface area contributed by atoms with Crippen LogP contribution in [0.4, 0.5) is 0 Å². The zero-order chi connectivity index (χ0) is 19.6. The van der Waals surface area contributed by atoms with Gasteiger partial charge in [0.1, 0.15) is 0 Å². The Kier molecular flexibility index (Phi) is 4.39. The molecule has 0 amide bonds. The van der Waals surface area contributed by atoms with Gasteiger partial charge in [-0.2, -0.15) is 0 Å². The summed E-state index contributed by atoms with van der Waals surface area (Å²) in [7, 11) is 11.8. The molecule has 0 spiro atoms. The van der Waals surface area contributed by atoms with Gasteiger partial charge in [0.15, 0.2) is 22.9 Å². The van der Waals surface area contributed by atoms with Crippen molar-refractivity contribution < 1.29 is 9.59 Å². The van der Waals surface area contributed by atoms with E-state index in [1.807, 2.05) is 52.1 Å². The van der Waals surface area contributed by atoms with E-state index in [1.165, 1.54) is 0 Å². The van der Waals surface area contributed by atoms with Crippen molar-refractivity contribution in [3.8, 4) is 0 Å². The van der Waals surface area contributed by atoms with Crippen LogP contribution in [0.25, 0.3) is 0 Å². The van der Waals surface area contributed by atoms with Crippen LogP contribution < -0.4 is 0 Å². The number of carbonyl (C=O) groups is 2. The van der Waals surface area contributed by atoms with Crippen LogP contribution in [0, 0.1) is 0 Å². The summed E-state index contributed by atoms with van der Waals surface area (Å²) < 4.78 is 0. The number of likely N-dealkylation sites (N-methyl/N-ethyl adjacent to an activating group) is 4. The Hall–Kier alpha value is -1.60. The number of nitrogens with zero attached hydrogens (tertiary/aromatic N) is 4. The first-order valence-corrected chi connectivity index (χ1v) is 8.98. The molecule has 0 radical (unpaired) electrons. The standard InChI is InChI=1S/C20H30N4O2/c1-13(25)19(21(3)4)17(23(19)7)15-9-11-16(12-10-15)18-20(14(2)26,22(5)6)24(18)8/h9-12,17-18H,1-8H3. The van der Waals surface area contributed by atoms with E-state index in [9.17, 15) is 9.59 Å². The van der Waals surface area contributed by atoms with Gasteiger partial charge in [0.25, 0.3) is 0 Å². The Morgan fingerprint density at radius 1 is 0.769 bits per heavy atom. The topological polar surface area (TPSA) is 46.6 Å². The number of Topliss-reactive ketones (excluding diaryl/α,β-unsaturated/α-hetero) is 2. The first-order chi connectivity index (χ1) is 12.0. The first kappa shape index (κ1) is 19.2. The van der Waals surface area contributed by atoms with Gasteiger partial charge in [0.05, 0.1) is 12.1 Å². The highest BCUT2D eigenvalue weighted by atomic mass is 16.1. The maximum absolute atomic E-state index is 12.3. The number of benzene rings is 1. The van der Waals surface area contributed by atoms with Crippen LogP contribution in [0.2, 0.25) is 0 Å². The summed E-state index contributed by atoms with van der Waals surface area (Å²) in [6, 6.07) is 8.50. The minimum Gasteiger partial charge on any atom is -0.296 e. The van der Waals surface area contributed by atoms with Crippen LogP contribution in [0.5, 0.6) is 0 Å². The average Bonchev–Trinajstić information content (AvgIpc) is 3.38. The van der Waals surface area contributed by atoms with Crippen molar-refractivity contribution in [3.63, 3.8) is 0 Å². The molecule has 6 nitrogen and oxygen atoms in total. The molecule has 142 valence electrons. The lowest BCUT2D eigenvalue weighted by atomic mass is 9.98. The lowest BCUT2D eigenvalue weighted by Crippen LogP contribution is -2.42. The monoisotopic (exact) mass is 358 g/mol. The van der Waals surface area contributed by atoms with Crippen LogP contribution in [-0.2, 0) is 9.59 Å². The zero-order valence-corrected chi connectivity index (χ0v) is 17.1. The van der Waals surface area contributed by atoms with Crippen molar-refractivity contribution in [2.75, 3.05) is 42.3 Å². The molecular formula is C20H30N4O2. The van der Waals surface area contributed by atoms with Crippen LogP contribution in [0.15, 0.2) is 24.3 Å². The van der Waals surface area contributed by atoms with Gasteiger partial charge in [0, 0.05) is 0 Å². The Bertz CT molecular complexity index is 682. The van der Waals surface area contributed by atoms with E-state index in [1.54, 1.807) is 13.8 Å². The minimum absolute atomic E-state index is 0.0624. The molecule has 1 aromatic carbocycles. The first-order valence-electron chi connectivity index (χ1n) is 8.98. The number of hydrogen-bond donors (Lipinski definition) is 0. The van der Waals surface area contributed by atoms with Gasteiger partial charge in [-0.05, 0) is 67.3 Å². The molecular weight excluding hydrogens is 328 g/mol. The molecule has 0 saturated carbocycles. The van der Waals surface area contributed by atoms with Crippen LogP contribution >= 0.6 is 0 Å². The van der Waals surface area contributed by atoms with E-state index in [-0.39, 0.29) is 23.7 Å². The molecule has 1 aromatic rings. The number of ketones is 2. The summed E-state index contributed by atoms with van der Waals surface area (Å²) in [5, 5.41) is 0. The average molecular weight is 358 g/mol. The second-order valence-electron chi connectivity index (χ2n) is 8.05. The van der Waals surface area contributed by atoms with E-state index < -0.39 is 11.3 Å². The fourth-order valence-electron chi connectivity index (χ4n) is 5.21. The summed E-state index contributed by atoms with van der Waals surface area (Å²) in [5.41, 5.74) is 1.15. The highest BCUT2D eigenvalue weighted by Crippen LogP contribution is 2.56. The Labute approximate surface area is 156 Å². The second kappa shape index (κ2) is 5.96. The smallest absolute Gasteiger partial charge is 0.166 e. The maximum atomic E-state index is 12.3. The largest absolute Gasteiger partial charge is 0.296 e. The van der Waals surface area contributed by atoms with Gasteiger partial charge in [-0.1, -0.05) is 24.3 Å². The van der Waals surface area contributed by atoms with E-state index in [2.05, 4.69) is 34.1 Å². The molecule has 2 aliphatic heterocycles. The van der Waals surface area contributed by atoms with E-state index in [4.69, 9.17) is 0 Å². The van der Waals surface area contributed by atoms with Crippen molar-refractivity contribution in [1.29, 1.82) is 0 Å². The number of hydrogen-bond acceptors (Lipinski definition) is 6. The zero-order valence-electron chi connectivity index (χ0n) is 17.1. The fourth-order valence-corrected chi connectivity index (χ4v) is 5.21. The molecule has 6 atom stereocenters. The normalized spacial score (nSPS) is 38.5. The molecule has 2 heterocycles. The molecule has 0 aromatic heterocycles. The lowest BCUT2D eigenvalue weighted by molar-refractivity contribution is -0.125. The van der Waals surface area contributed by atoms with Gasteiger partial charge in [-0.15, -0.1) is 0 Å². The lowest BCUT2D eigenvalue weighted by Gasteiger charge is -2.22. The Morgan fingerprint density at radius 3 is 1.19 bits per heavy atom. The van der Waals surface area contributed by atoms with Crippen molar-refractivity contribution in [2.24, 2.45) is 0 Å². The molecule has 2 fully saturated rings. The van der Waals surface area contributed by atoms with Gasteiger partial charge in [0.2, 0.25) is 0 Å². The van der Waals surface area contributed by atoms with Gasteiger partial charge in [-0.25, -0.2) is 0 Å². The Balaban J connectivity index is 1.88. The van der Waals surface area contributed by atoms with Gasteiger partial charge < -0.3 is 0 Å². The van der Waals surface area contributed by atoms with Crippen LogP contribution in [0.1, 0.15) is 37.1 Å². The van der Waals surface area contributed by atoms with Crippen LogP contribution in [0.3, 0.4) is 0 Å². The molecule has 3 rings (SSSR count). The fraction of sp³-hybridized carbons (Fsp3) is 0.600. The third kappa shape index (κ3) is 2.19. The number of carbonyl (C=O) groups excluding carboxylic acids is 2.